The summed E-state index contributed by atoms with van der Waals surface area (Å²) in [6, 6.07) is 5.37. The average molecular weight is 260 g/mol. The van der Waals surface area contributed by atoms with Crippen LogP contribution >= 0.6 is 0 Å². The van der Waals surface area contributed by atoms with Gasteiger partial charge in [0.25, 0.3) is 11.8 Å². The average Bonchev–Trinajstić information content (AvgIpc) is 2.66. The van der Waals surface area contributed by atoms with Gasteiger partial charge in [0.1, 0.15) is 0 Å². The number of imide groups is 1. The molecule has 1 aliphatic heterocycles. The molecule has 0 atom stereocenters. The Morgan fingerprint density at radius 1 is 1.11 bits per heavy atom. The third-order valence-corrected chi connectivity index (χ3v) is 4.21. The van der Waals surface area contributed by atoms with Gasteiger partial charge in [-0.3, -0.25) is 14.5 Å². The zero-order valence-corrected chi connectivity index (χ0v) is 11.7. The summed E-state index contributed by atoms with van der Waals surface area (Å²) in [5, 5.41) is 0. The molecule has 102 valence electrons. The Hall–Kier alpha value is -1.68. The lowest BCUT2D eigenvalue weighted by atomic mass is 9.90. The molecule has 2 amide bonds. The fourth-order valence-corrected chi connectivity index (χ4v) is 2.73. The normalized spacial score (nSPS) is 15.1. The smallest absolute Gasteiger partial charge is 0.262 e. The quantitative estimate of drug-likeness (QED) is 0.843. The van der Waals surface area contributed by atoms with E-state index in [-0.39, 0.29) is 11.8 Å². The second kappa shape index (κ2) is 4.78. The van der Waals surface area contributed by atoms with E-state index < -0.39 is 5.54 Å². The number of rotatable bonds is 4. The van der Waals surface area contributed by atoms with Crippen molar-refractivity contribution in [2.45, 2.75) is 39.2 Å². The Morgan fingerprint density at radius 2 is 1.68 bits per heavy atom. The molecule has 0 aliphatic carbocycles. The highest BCUT2D eigenvalue weighted by atomic mass is 16.2. The van der Waals surface area contributed by atoms with Crippen molar-refractivity contribution in [2.75, 3.05) is 6.54 Å². The molecule has 0 aromatic heterocycles. The van der Waals surface area contributed by atoms with E-state index in [1.165, 1.54) is 4.90 Å². The lowest BCUT2D eigenvalue weighted by Gasteiger charge is -2.38. The lowest BCUT2D eigenvalue weighted by molar-refractivity contribution is 0.0414. The van der Waals surface area contributed by atoms with Crippen molar-refractivity contribution in [2.24, 2.45) is 5.73 Å². The van der Waals surface area contributed by atoms with Gasteiger partial charge in [-0.05, 0) is 31.9 Å². The number of hydrogen-bond donors (Lipinski definition) is 1. The van der Waals surface area contributed by atoms with Crippen LogP contribution in [0.15, 0.2) is 18.2 Å². The number of fused-ring (bicyclic) bond motifs is 1. The predicted octanol–water partition coefficient (Wildman–Crippen LogP) is 2.11. The largest absolute Gasteiger partial charge is 0.328 e. The Morgan fingerprint density at radius 3 is 2.21 bits per heavy atom. The number of aryl methyl sites for hydroxylation is 1. The number of carbonyl (C=O) groups excluding carboxylic acids is 2. The number of carbonyl (C=O) groups is 2. The third-order valence-electron chi connectivity index (χ3n) is 4.21. The van der Waals surface area contributed by atoms with Gasteiger partial charge in [0.05, 0.1) is 16.7 Å². The molecule has 0 spiro atoms. The predicted molar refractivity (Wildman–Crippen MR) is 74.0 cm³/mol. The maximum Gasteiger partial charge on any atom is 0.262 e. The summed E-state index contributed by atoms with van der Waals surface area (Å²) >= 11 is 0. The van der Waals surface area contributed by atoms with Crippen LogP contribution < -0.4 is 5.73 Å². The minimum Gasteiger partial charge on any atom is -0.328 e. The second-order valence-corrected chi connectivity index (χ2v) is 5.13. The lowest BCUT2D eigenvalue weighted by Crippen LogP contribution is -2.55. The number of benzene rings is 1. The van der Waals surface area contributed by atoms with Crippen LogP contribution in [0.25, 0.3) is 0 Å². The first kappa shape index (κ1) is 13.7. The van der Waals surface area contributed by atoms with Gasteiger partial charge in [0.2, 0.25) is 0 Å². The summed E-state index contributed by atoms with van der Waals surface area (Å²) < 4.78 is 0. The minimum atomic E-state index is -0.568. The molecule has 1 heterocycles. The number of nitrogens with two attached hydrogens (primary N) is 1. The van der Waals surface area contributed by atoms with Crippen LogP contribution in [0.1, 0.15) is 53.0 Å². The fraction of sp³-hybridized carbons (Fsp3) is 0.467. The topological polar surface area (TPSA) is 63.4 Å². The SMILES string of the molecule is CCC(CC)(CN)N1C(=O)c2ccc(C)cc2C1=O. The van der Waals surface area contributed by atoms with E-state index in [0.29, 0.717) is 30.5 Å². The van der Waals surface area contributed by atoms with Crippen molar-refractivity contribution in [1.29, 1.82) is 0 Å². The Kier molecular flexibility index (Phi) is 3.45. The van der Waals surface area contributed by atoms with Crippen molar-refractivity contribution >= 4 is 11.8 Å². The van der Waals surface area contributed by atoms with Gasteiger partial charge in [0, 0.05) is 6.54 Å². The zero-order chi connectivity index (χ0) is 14.2. The van der Waals surface area contributed by atoms with E-state index in [1.54, 1.807) is 12.1 Å². The molecule has 0 saturated heterocycles. The summed E-state index contributed by atoms with van der Waals surface area (Å²) in [7, 11) is 0. The van der Waals surface area contributed by atoms with Crippen molar-refractivity contribution in [3.8, 4) is 0 Å². The van der Waals surface area contributed by atoms with Gasteiger partial charge < -0.3 is 5.73 Å². The summed E-state index contributed by atoms with van der Waals surface area (Å²) in [5.41, 5.74) is 7.26. The third kappa shape index (κ3) is 1.87. The highest BCUT2D eigenvalue weighted by molar-refractivity contribution is 6.22. The first-order valence-electron chi connectivity index (χ1n) is 6.70. The van der Waals surface area contributed by atoms with Crippen molar-refractivity contribution in [1.82, 2.24) is 4.90 Å². The van der Waals surface area contributed by atoms with Crippen LogP contribution in [0.4, 0.5) is 0 Å². The highest BCUT2D eigenvalue weighted by Crippen LogP contribution is 2.33. The molecule has 2 rings (SSSR count). The van der Waals surface area contributed by atoms with Gasteiger partial charge in [-0.15, -0.1) is 0 Å². The van der Waals surface area contributed by atoms with Crippen LogP contribution in [-0.4, -0.2) is 28.8 Å². The van der Waals surface area contributed by atoms with Crippen LogP contribution in [0.5, 0.6) is 0 Å². The molecule has 0 saturated carbocycles. The molecule has 1 aliphatic rings. The van der Waals surface area contributed by atoms with Gasteiger partial charge in [-0.2, -0.15) is 0 Å². The first-order valence-corrected chi connectivity index (χ1v) is 6.70. The van der Waals surface area contributed by atoms with E-state index in [4.69, 9.17) is 5.73 Å². The second-order valence-electron chi connectivity index (χ2n) is 5.13. The molecule has 1 aromatic carbocycles. The number of nitrogens with zero attached hydrogens (tertiary/aromatic N) is 1. The molecule has 2 N–H and O–H groups in total. The van der Waals surface area contributed by atoms with Crippen molar-refractivity contribution in [3.05, 3.63) is 34.9 Å². The molecule has 4 nitrogen and oxygen atoms in total. The molecule has 1 aromatic rings. The van der Waals surface area contributed by atoms with E-state index in [9.17, 15) is 9.59 Å². The van der Waals surface area contributed by atoms with E-state index in [0.717, 1.165) is 5.56 Å². The zero-order valence-electron chi connectivity index (χ0n) is 11.7. The molecule has 0 fully saturated rings. The van der Waals surface area contributed by atoms with Gasteiger partial charge in [-0.25, -0.2) is 0 Å². The number of amides is 2. The summed E-state index contributed by atoms with van der Waals surface area (Å²) in [6.45, 7) is 6.14. The maximum absolute atomic E-state index is 12.5. The Bertz CT molecular complexity index is 525. The fourth-order valence-electron chi connectivity index (χ4n) is 2.73. The molecule has 4 heteroatoms. The highest BCUT2D eigenvalue weighted by Gasteiger charge is 2.46. The summed E-state index contributed by atoms with van der Waals surface area (Å²) in [4.78, 5) is 26.4. The standard InChI is InChI=1S/C15H20N2O2/c1-4-15(5-2,9-16)17-13(18)11-7-6-10(3)8-12(11)14(17)19/h6-8H,4-5,9,16H2,1-3H3. The van der Waals surface area contributed by atoms with Crippen LogP contribution in [0, 0.1) is 6.92 Å². The first-order chi connectivity index (χ1) is 9.00. The van der Waals surface area contributed by atoms with Crippen molar-refractivity contribution < 1.29 is 9.59 Å². The molecule has 0 unspecified atom stereocenters. The van der Waals surface area contributed by atoms with E-state index >= 15 is 0 Å². The minimum absolute atomic E-state index is 0.210. The summed E-state index contributed by atoms with van der Waals surface area (Å²) in [5.74, 6) is -0.424. The van der Waals surface area contributed by atoms with Crippen LogP contribution in [-0.2, 0) is 0 Å². The van der Waals surface area contributed by atoms with Crippen molar-refractivity contribution in [3.63, 3.8) is 0 Å². The maximum atomic E-state index is 12.5. The monoisotopic (exact) mass is 260 g/mol. The van der Waals surface area contributed by atoms with E-state index in [1.807, 2.05) is 26.8 Å². The number of hydrogen-bond acceptors (Lipinski definition) is 3. The Labute approximate surface area is 113 Å². The van der Waals surface area contributed by atoms with Gasteiger partial charge in [0.15, 0.2) is 0 Å². The molecular formula is C15H20N2O2. The Balaban J connectivity index is 2.53. The van der Waals surface area contributed by atoms with Crippen LogP contribution in [0.3, 0.4) is 0 Å². The van der Waals surface area contributed by atoms with Gasteiger partial charge >= 0.3 is 0 Å². The molecule has 0 bridgehead atoms. The van der Waals surface area contributed by atoms with Gasteiger partial charge in [-0.1, -0.05) is 25.5 Å². The molecule has 19 heavy (non-hydrogen) atoms. The van der Waals surface area contributed by atoms with Crippen LogP contribution in [0.2, 0.25) is 0 Å². The molecular weight excluding hydrogens is 240 g/mol. The van der Waals surface area contributed by atoms with E-state index in [2.05, 4.69) is 0 Å². The summed E-state index contributed by atoms with van der Waals surface area (Å²) in [6.07, 6.45) is 1.34. The molecule has 0 radical (unpaired) electrons.